The topological polar surface area (TPSA) is 58.6 Å². The third kappa shape index (κ3) is 4.35. The number of nitrogens with one attached hydrogen (secondary N) is 1. The normalized spacial score (nSPS) is 9.62. The molecule has 5 heteroatoms. The molecule has 2 aromatic rings. The Kier molecular flexibility index (Phi) is 5.38. The van der Waals surface area contributed by atoms with E-state index in [-0.39, 0.29) is 12.5 Å². The smallest absolute Gasteiger partial charge is 0.261 e. The summed E-state index contributed by atoms with van der Waals surface area (Å²) in [5.74, 6) is 5.96. The lowest BCUT2D eigenvalue weighted by Gasteiger charge is -2.05. The summed E-state index contributed by atoms with van der Waals surface area (Å²) in [5.41, 5.74) is 0.972. The molecule has 0 saturated carbocycles. The van der Waals surface area contributed by atoms with Crippen molar-refractivity contribution >= 4 is 17.2 Å². The molecule has 1 heterocycles. The van der Waals surface area contributed by atoms with Gasteiger partial charge in [-0.15, -0.1) is 11.3 Å². The van der Waals surface area contributed by atoms with Crippen LogP contribution in [0.25, 0.3) is 0 Å². The maximum absolute atomic E-state index is 12.0. The molecule has 2 rings (SSSR count). The molecular formula is C16H15NO3S. The Morgan fingerprint density at radius 3 is 3.00 bits per heavy atom. The van der Waals surface area contributed by atoms with Crippen LogP contribution in [0.5, 0.6) is 5.75 Å². The van der Waals surface area contributed by atoms with Crippen LogP contribution in [0.2, 0.25) is 0 Å². The van der Waals surface area contributed by atoms with Crippen molar-refractivity contribution in [3.63, 3.8) is 0 Å². The summed E-state index contributed by atoms with van der Waals surface area (Å²) < 4.78 is 5.14. The van der Waals surface area contributed by atoms with Crippen molar-refractivity contribution in [2.75, 3.05) is 13.7 Å². The minimum Gasteiger partial charge on any atom is -0.497 e. The van der Waals surface area contributed by atoms with Crippen LogP contribution in [0.15, 0.2) is 36.4 Å². The average Bonchev–Trinajstić information content (AvgIpc) is 2.99. The minimum atomic E-state index is -0.185. The molecule has 0 atom stereocenters. The SMILES string of the molecule is COc1cccc(CNC(=O)c2ccc(C#CCO)s2)c1. The Morgan fingerprint density at radius 1 is 1.38 bits per heavy atom. The van der Waals surface area contributed by atoms with E-state index in [1.54, 1.807) is 19.2 Å². The molecule has 108 valence electrons. The maximum Gasteiger partial charge on any atom is 0.261 e. The summed E-state index contributed by atoms with van der Waals surface area (Å²) in [6.07, 6.45) is 0. The van der Waals surface area contributed by atoms with E-state index in [0.29, 0.717) is 11.4 Å². The van der Waals surface area contributed by atoms with E-state index >= 15 is 0 Å². The lowest BCUT2D eigenvalue weighted by Crippen LogP contribution is -2.21. The molecule has 4 nitrogen and oxygen atoms in total. The van der Waals surface area contributed by atoms with Crippen molar-refractivity contribution < 1.29 is 14.6 Å². The van der Waals surface area contributed by atoms with Crippen LogP contribution in [0.1, 0.15) is 20.1 Å². The summed E-state index contributed by atoms with van der Waals surface area (Å²) in [6.45, 7) is 0.251. The molecule has 1 aromatic carbocycles. The first kappa shape index (κ1) is 15.1. The second kappa shape index (κ2) is 7.48. The van der Waals surface area contributed by atoms with Crippen molar-refractivity contribution in [3.05, 3.63) is 51.7 Å². The molecule has 0 aliphatic carbocycles. The van der Waals surface area contributed by atoms with Crippen LogP contribution in [0.3, 0.4) is 0 Å². The molecule has 0 unspecified atom stereocenters. The second-order valence-corrected chi connectivity index (χ2v) is 5.24. The first-order valence-electron chi connectivity index (χ1n) is 6.33. The Morgan fingerprint density at radius 2 is 2.24 bits per heavy atom. The van der Waals surface area contributed by atoms with Crippen LogP contribution < -0.4 is 10.1 Å². The second-order valence-electron chi connectivity index (χ2n) is 4.16. The van der Waals surface area contributed by atoms with E-state index in [1.807, 2.05) is 24.3 Å². The van der Waals surface area contributed by atoms with Gasteiger partial charge in [0.25, 0.3) is 5.91 Å². The van der Waals surface area contributed by atoms with Crippen molar-refractivity contribution in [3.8, 4) is 17.6 Å². The van der Waals surface area contributed by atoms with E-state index < -0.39 is 0 Å². The van der Waals surface area contributed by atoms with Gasteiger partial charge < -0.3 is 15.2 Å². The predicted molar refractivity (Wildman–Crippen MR) is 82.4 cm³/mol. The number of methoxy groups -OCH3 is 1. The van der Waals surface area contributed by atoms with E-state index in [0.717, 1.165) is 16.2 Å². The number of thiophene rings is 1. The monoisotopic (exact) mass is 301 g/mol. The number of benzene rings is 1. The van der Waals surface area contributed by atoms with Gasteiger partial charge in [0.05, 0.1) is 16.9 Å². The first-order chi connectivity index (χ1) is 10.2. The van der Waals surface area contributed by atoms with Crippen molar-refractivity contribution in [1.29, 1.82) is 0 Å². The van der Waals surface area contributed by atoms with Crippen molar-refractivity contribution in [1.82, 2.24) is 5.32 Å². The largest absolute Gasteiger partial charge is 0.497 e. The molecule has 0 bridgehead atoms. The zero-order valence-electron chi connectivity index (χ0n) is 11.6. The Bertz CT molecular complexity index is 682. The number of carbonyl (C=O) groups is 1. The number of aliphatic hydroxyl groups excluding tert-OH is 1. The lowest BCUT2D eigenvalue weighted by atomic mass is 10.2. The molecule has 1 aromatic heterocycles. The van der Waals surface area contributed by atoms with Gasteiger partial charge in [0.15, 0.2) is 0 Å². The Labute approximate surface area is 127 Å². The Hall–Kier alpha value is -2.29. The highest BCUT2D eigenvalue weighted by Crippen LogP contribution is 2.16. The van der Waals surface area contributed by atoms with Crippen LogP contribution in [0.4, 0.5) is 0 Å². The van der Waals surface area contributed by atoms with Gasteiger partial charge in [0.1, 0.15) is 12.4 Å². The number of amides is 1. The number of ether oxygens (including phenoxy) is 1. The maximum atomic E-state index is 12.0. The van der Waals surface area contributed by atoms with Gasteiger partial charge in [-0.05, 0) is 29.8 Å². The fraction of sp³-hybridized carbons (Fsp3) is 0.188. The molecule has 2 N–H and O–H groups in total. The van der Waals surface area contributed by atoms with Gasteiger partial charge in [-0.3, -0.25) is 4.79 Å². The standard InChI is InChI=1S/C16H15NO3S/c1-20-13-5-2-4-12(10-13)11-17-16(19)15-8-7-14(21-15)6-3-9-18/h2,4-5,7-8,10,18H,9,11H2,1H3,(H,17,19). The van der Waals surface area contributed by atoms with Gasteiger partial charge in [0.2, 0.25) is 0 Å². The molecule has 0 fully saturated rings. The van der Waals surface area contributed by atoms with E-state index in [9.17, 15) is 4.79 Å². The number of hydrogen-bond acceptors (Lipinski definition) is 4. The van der Waals surface area contributed by atoms with E-state index in [1.165, 1.54) is 11.3 Å². The van der Waals surface area contributed by atoms with Crippen LogP contribution in [0, 0.1) is 11.8 Å². The summed E-state index contributed by atoms with van der Waals surface area (Å²) in [6, 6.07) is 11.0. The first-order valence-corrected chi connectivity index (χ1v) is 7.15. The van der Waals surface area contributed by atoms with Crippen LogP contribution >= 0.6 is 11.3 Å². The molecule has 21 heavy (non-hydrogen) atoms. The van der Waals surface area contributed by atoms with E-state index in [2.05, 4.69) is 17.2 Å². The van der Waals surface area contributed by atoms with Gasteiger partial charge >= 0.3 is 0 Å². The van der Waals surface area contributed by atoms with Crippen molar-refractivity contribution in [2.24, 2.45) is 0 Å². The number of carbonyl (C=O) groups excluding carboxylic acids is 1. The number of rotatable bonds is 4. The fourth-order valence-corrected chi connectivity index (χ4v) is 2.50. The lowest BCUT2D eigenvalue weighted by molar-refractivity contribution is 0.0955. The highest BCUT2D eigenvalue weighted by atomic mass is 32.1. The van der Waals surface area contributed by atoms with Gasteiger partial charge in [0, 0.05) is 6.54 Å². The zero-order chi connectivity index (χ0) is 15.1. The van der Waals surface area contributed by atoms with Gasteiger partial charge in [-0.2, -0.15) is 0 Å². The van der Waals surface area contributed by atoms with Crippen LogP contribution in [-0.4, -0.2) is 24.7 Å². The molecular weight excluding hydrogens is 286 g/mol. The number of hydrogen-bond donors (Lipinski definition) is 2. The summed E-state index contributed by atoms with van der Waals surface area (Å²) in [7, 11) is 1.61. The highest BCUT2D eigenvalue weighted by molar-refractivity contribution is 7.14. The summed E-state index contributed by atoms with van der Waals surface area (Å²) in [5, 5.41) is 11.5. The van der Waals surface area contributed by atoms with Crippen LogP contribution in [-0.2, 0) is 6.54 Å². The summed E-state index contributed by atoms with van der Waals surface area (Å²) in [4.78, 5) is 13.4. The van der Waals surface area contributed by atoms with Crippen molar-refractivity contribution in [2.45, 2.75) is 6.54 Å². The average molecular weight is 301 g/mol. The molecule has 0 spiro atoms. The summed E-state index contributed by atoms with van der Waals surface area (Å²) >= 11 is 1.30. The quantitative estimate of drug-likeness (QED) is 0.850. The fourth-order valence-electron chi connectivity index (χ4n) is 1.71. The third-order valence-corrected chi connectivity index (χ3v) is 3.71. The number of aliphatic hydroxyl groups is 1. The highest BCUT2D eigenvalue weighted by Gasteiger charge is 2.08. The molecule has 0 aliphatic heterocycles. The Balaban J connectivity index is 1.96. The van der Waals surface area contributed by atoms with E-state index in [4.69, 9.17) is 9.84 Å². The molecule has 1 amide bonds. The molecule has 0 aliphatic rings. The molecule has 0 radical (unpaired) electrons. The molecule has 0 saturated heterocycles. The minimum absolute atomic E-state index is 0.139. The zero-order valence-corrected chi connectivity index (χ0v) is 12.4. The van der Waals surface area contributed by atoms with Gasteiger partial charge in [-0.1, -0.05) is 24.0 Å². The third-order valence-electron chi connectivity index (χ3n) is 2.71. The van der Waals surface area contributed by atoms with Gasteiger partial charge in [-0.25, -0.2) is 0 Å². The predicted octanol–water partition coefficient (Wildman–Crippen LogP) is 2.03.